The summed E-state index contributed by atoms with van der Waals surface area (Å²) < 4.78 is 16.8. The number of methoxy groups -OCH3 is 3. The molecule has 6 nitrogen and oxygen atoms in total. The Morgan fingerprint density at radius 1 is 1.03 bits per heavy atom. The summed E-state index contributed by atoms with van der Waals surface area (Å²) in [4.78, 5) is 26.4. The number of halogens is 1. The van der Waals surface area contributed by atoms with Gasteiger partial charge < -0.3 is 19.5 Å². The van der Waals surface area contributed by atoms with Gasteiger partial charge in [0.15, 0.2) is 5.78 Å². The van der Waals surface area contributed by atoms with Gasteiger partial charge in [-0.15, -0.1) is 0 Å². The van der Waals surface area contributed by atoms with Crippen LogP contribution < -0.4 is 14.8 Å². The van der Waals surface area contributed by atoms with Crippen molar-refractivity contribution in [1.82, 2.24) is 5.32 Å². The number of ketones is 1. The van der Waals surface area contributed by atoms with Gasteiger partial charge in [-0.3, -0.25) is 4.79 Å². The fraction of sp³-hybridized carbons (Fsp3) is 0.308. The molecule has 2 aromatic carbocycles. The largest absolute Gasteiger partial charge is 0.496 e. The van der Waals surface area contributed by atoms with E-state index in [1.807, 2.05) is 49.4 Å². The lowest BCUT2D eigenvalue weighted by Crippen LogP contribution is -2.36. The van der Waals surface area contributed by atoms with E-state index in [1.54, 1.807) is 14.2 Å². The molecule has 4 rings (SSSR count). The van der Waals surface area contributed by atoms with Gasteiger partial charge in [0.2, 0.25) is 0 Å². The summed E-state index contributed by atoms with van der Waals surface area (Å²) in [5.74, 6) is 0.452. The molecule has 0 fully saturated rings. The van der Waals surface area contributed by atoms with Crippen molar-refractivity contribution in [3.05, 3.63) is 80.6 Å². The third-order valence-electron chi connectivity index (χ3n) is 6.32. The fourth-order valence-corrected chi connectivity index (χ4v) is 5.40. The van der Waals surface area contributed by atoms with Crippen molar-refractivity contribution in [2.24, 2.45) is 0 Å². The number of esters is 1. The summed E-state index contributed by atoms with van der Waals surface area (Å²) in [6.07, 6.45) is 0.975. The number of allylic oxidation sites excluding steroid dienone is 3. The lowest BCUT2D eigenvalue weighted by molar-refractivity contribution is -0.136. The zero-order valence-corrected chi connectivity index (χ0v) is 20.6. The maximum atomic E-state index is 13.6. The quantitative estimate of drug-likeness (QED) is 0.569. The van der Waals surface area contributed by atoms with E-state index >= 15 is 0 Å². The predicted molar refractivity (Wildman–Crippen MR) is 128 cm³/mol. The highest BCUT2D eigenvalue weighted by molar-refractivity contribution is 9.10. The first-order chi connectivity index (χ1) is 15.9. The van der Waals surface area contributed by atoms with Gasteiger partial charge in [0, 0.05) is 35.2 Å². The molecule has 0 bridgehead atoms. The maximum absolute atomic E-state index is 13.6. The van der Waals surface area contributed by atoms with Crippen LogP contribution in [0.1, 0.15) is 42.7 Å². The van der Waals surface area contributed by atoms with Gasteiger partial charge in [-0.25, -0.2) is 4.79 Å². The summed E-state index contributed by atoms with van der Waals surface area (Å²) in [5, 5.41) is 3.35. The highest BCUT2D eigenvalue weighted by Crippen LogP contribution is 2.47. The Morgan fingerprint density at radius 2 is 1.76 bits per heavy atom. The molecule has 1 aliphatic heterocycles. The molecule has 0 saturated heterocycles. The second-order valence-electron chi connectivity index (χ2n) is 8.14. The highest BCUT2D eigenvalue weighted by atomic mass is 79.9. The first-order valence-corrected chi connectivity index (χ1v) is 11.5. The van der Waals surface area contributed by atoms with Gasteiger partial charge >= 0.3 is 5.97 Å². The number of dihydropyridines is 1. The van der Waals surface area contributed by atoms with E-state index in [0.717, 1.165) is 27.0 Å². The van der Waals surface area contributed by atoms with Crippen LogP contribution in [0.5, 0.6) is 11.5 Å². The number of carbonyl (C=O) groups is 2. The van der Waals surface area contributed by atoms with E-state index in [2.05, 4.69) is 21.2 Å². The van der Waals surface area contributed by atoms with Gasteiger partial charge in [-0.1, -0.05) is 24.3 Å². The summed E-state index contributed by atoms with van der Waals surface area (Å²) in [5.41, 5.74) is 4.41. The summed E-state index contributed by atoms with van der Waals surface area (Å²) in [6, 6.07) is 13.4. The number of hydrogen-bond donors (Lipinski definition) is 1. The average molecular weight is 512 g/mol. The number of rotatable bonds is 5. The molecule has 0 amide bonds. The Labute approximate surface area is 201 Å². The van der Waals surface area contributed by atoms with Crippen LogP contribution in [0, 0.1) is 0 Å². The number of para-hydroxylation sites is 1. The summed E-state index contributed by atoms with van der Waals surface area (Å²) >= 11 is 3.53. The van der Waals surface area contributed by atoms with Crippen molar-refractivity contribution in [3.8, 4) is 11.5 Å². The smallest absolute Gasteiger partial charge is 0.336 e. The van der Waals surface area contributed by atoms with Gasteiger partial charge in [0.05, 0.1) is 31.4 Å². The maximum Gasteiger partial charge on any atom is 0.336 e. The van der Waals surface area contributed by atoms with E-state index in [1.165, 1.54) is 7.11 Å². The first-order valence-electron chi connectivity index (χ1n) is 10.7. The minimum absolute atomic E-state index is 0.00509. The predicted octanol–water partition coefficient (Wildman–Crippen LogP) is 5.00. The van der Waals surface area contributed by atoms with E-state index < -0.39 is 11.9 Å². The fourth-order valence-electron chi connectivity index (χ4n) is 4.84. The minimum Gasteiger partial charge on any atom is -0.496 e. The van der Waals surface area contributed by atoms with E-state index in [-0.39, 0.29) is 11.7 Å². The van der Waals surface area contributed by atoms with Crippen LogP contribution in [0.2, 0.25) is 0 Å². The van der Waals surface area contributed by atoms with Crippen LogP contribution in [0.15, 0.2) is 69.5 Å². The molecule has 1 N–H and O–H groups in total. The molecule has 2 atom stereocenters. The molecule has 0 saturated carbocycles. The van der Waals surface area contributed by atoms with Crippen LogP contribution in [0.4, 0.5) is 0 Å². The van der Waals surface area contributed by atoms with Crippen molar-refractivity contribution in [2.75, 3.05) is 21.3 Å². The summed E-state index contributed by atoms with van der Waals surface area (Å²) in [7, 11) is 4.59. The number of benzene rings is 2. The van der Waals surface area contributed by atoms with Crippen LogP contribution in [0.25, 0.3) is 0 Å². The zero-order chi connectivity index (χ0) is 23.7. The third-order valence-corrected chi connectivity index (χ3v) is 6.94. The van der Waals surface area contributed by atoms with E-state index in [9.17, 15) is 9.59 Å². The van der Waals surface area contributed by atoms with Crippen molar-refractivity contribution in [3.63, 3.8) is 0 Å². The molecule has 0 aromatic heterocycles. The topological polar surface area (TPSA) is 73.9 Å². The number of hydrogen-bond acceptors (Lipinski definition) is 6. The van der Waals surface area contributed by atoms with Gasteiger partial charge in [0.1, 0.15) is 11.5 Å². The van der Waals surface area contributed by atoms with Gasteiger partial charge in [0.25, 0.3) is 0 Å². The number of Topliss-reactive ketones (excluding diaryl/α,β-unsaturated/α-hetero) is 1. The molecular formula is C26H26BrNO5. The molecule has 2 aromatic rings. The van der Waals surface area contributed by atoms with E-state index in [4.69, 9.17) is 14.2 Å². The monoisotopic (exact) mass is 511 g/mol. The Kier molecular flexibility index (Phi) is 6.61. The number of nitrogens with one attached hydrogen (secondary N) is 1. The van der Waals surface area contributed by atoms with Crippen molar-refractivity contribution >= 4 is 27.7 Å². The first kappa shape index (κ1) is 23.1. The molecule has 0 radical (unpaired) electrons. The Hall–Kier alpha value is -3.06. The molecule has 2 aliphatic rings. The molecule has 1 heterocycles. The normalized spacial score (nSPS) is 20.2. The lowest BCUT2D eigenvalue weighted by atomic mass is 9.71. The Balaban J connectivity index is 1.83. The Bertz CT molecular complexity index is 1180. The van der Waals surface area contributed by atoms with Crippen molar-refractivity contribution < 1.29 is 23.8 Å². The SMILES string of the molecule is COC(=O)C1=C(C)NC2=C(C(=O)C[C@@H](c3ccccc3OC)C2)[C@H]1c1ccc(OC)c(Br)c1. The second kappa shape index (κ2) is 9.43. The van der Waals surface area contributed by atoms with Crippen LogP contribution in [0.3, 0.4) is 0 Å². The van der Waals surface area contributed by atoms with Gasteiger partial charge in [-0.2, -0.15) is 0 Å². The van der Waals surface area contributed by atoms with Crippen molar-refractivity contribution in [2.45, 2.75) is 31.6 Å². The summed E-state index contributed by atoms with van der Waals surface area (Å²) in [6.45, 7) is 1.85. The standard InChI is InChI=1S/C26H26BrNO5/c1-14-23(26(30)33-4)24(15-9-10-22(32-3)18(27)11-15)25-19(28-14)12-16(13-20(25)29)17-7-5-6-8-21(17)31-2/h5-11,16,24,28H,12-13H2,1-4H3/t16-,24-/m0/s1. The second-order valence-corrected chi connectivity index (χ2v) is 9.00. The van der Waals surface area contributed by atoms with Crippen LogP contribution >= 0.6 is 15.9 Å². The molecule has 0 spiro atoms. The molecule has 1 aliphatic carbocycles. The molecular weight excluding hydrogens is 486 g/mol. The average Bonchev–Trinajstić information content (AvgIpc) is 2.82. The zero-order valence-electron chi connectivity index (χ0n) is 19.0. The minimum atomic E-state index is -0.526. The lowest BCUT2D eigenvalue weighted by Gasteiger charge is -2.37. The van der Waals surface area contributed by atoms with Crippen LogP contribution in [-0.2, 0) is 14.3 Å². The Morgan fingerprint density at radius 3 is 2.42 bits per heavy atom. The third kappa shape index (κ3) is 4.17. The van der Waals surface area contributed by atoms with Crippen molar-refractivity contribution in [1.29, 1.82) is 0 Å². The van der Waals surface area contributed by atoms with Crippen LogP contribution in [-0.4, -0.2) is 33.1 Å². The molecule has 172 valence electrons. The van der Waals surface area contributed by atoms with E-state index in [0.29, 0.717) is 35.4 Å². The highest BCUT2D eigenvalue weighted by Gasteiger charge is 2.41. The van der Waals surface area contributed by atoms with Gasteiger partial charge in [-0.05, 0) is 58.6 Å². The number of carbonyl (C=O) groups excluding carboxylic acids is 2. The number of ether oxygens (including phenoxy) is 3. The molecule has 7 heteroatoms. The molecule has 0 unspecified atom stereocenters. The molecule has 33 heavy (non-hydrogen) atoms.